The minimum atomic E-state index is -0.352. The third-order valence-electron chi connectivity index (χ3n) is 3.14. The van der Waals surface area contributed by atoms with Crippen molar-refractivity contribution in [2.24, 2.45) is 0 Å². The predicted octanol–water partition coefficient (Wildman–Crippen LogP) is 2.68. The van der Waals surface area contributed by atoms with E-state index in [4.69, 9.17) is 0 Å². The van der Waals surface area contributed by atoms with E-state index in [1.807, 2.05) is 18.2 Å². The molecule has 0 radical (unpaired) electrons. The highest BCUT2D eigenvalue weighted by Crippen LogP contribution is 2.35. The van der Waals surface area contributed by atoms with Crippen LogP contribution in [-0.4, -0.2) is 16.5 Å². The summed E-state index contributed by atoms with van der Waals surface area (Å²) in [5, 5.41) is 10.7. The second-order valence-electron chi connectivity index (χ2n) is 4.18. The number of anilines is 2. The van der Waals surface area contributed by atoms with Gasteiger partial charge in [-0.05, 0) is 30.2 Å². The molecule has 5 nitrogen and oxygen atoms in total. The maximum Gasteiger partial charge on any atom is 0.269 e. The number of hydrogen-bond acceptors (Lipinski definition) is 4. The highest BCUT2D eigenvalue weighted by atomic mass is 16.6. The Morgan fingerprint density at radius 1 is 1.22 bits per heavy atom. The number of pyridine rings is 1. The van der Waals surface area contributed by atoms with Crippen LogP contribution in [0.4, 0.5) is 17.1 Å². The molecule has 2 heterocycles. The zero-order valence-corrected chi connectivity index (χ0v) is 9.61. The molecule has 5 heteroatoms. The Morgan fingerprint density at radius 2 is 2.00 bits per heavy atom. The van der Waals surface area contributed by atoms with Gasteiger partial charge < -0.3 is 4.90 Å². The molecule has 2 aromatic rings. The van der Waals surface area contributed by atoms with Crippen molar-refractivity contribution in [1.82, 2.24) is 4.98 Å². The van der Waals surface area contributed by atoms with E-state index in [9.17, 15) is 10.1 Å². The average molecular weight is 241 g/mol. The fraction of sp³-hybridized carbons (Fsp3) is 0.154. The van der Waals surface area contributed by atoms with Crippen LogP contribution in [-0.2, 0) is 6.42 Å². The number of fused-ring (bicyclic) bond motifs is 1. The van der Waals surface area contributed by atoms with Crippen LogP contribution in [0, 0.1) is 10.1 Å². The molecule has 0 unspecified atom stereocenters. The summed E-state index contributed by atoms with van der Waals surface area (Å²) in [4.78, 5) is 16.5. The Balaban J connectivity index is 2.00. The number of nitrogens with zero attached hydrogens (tertiary/aromatic N) is 3. The molecule has 1 aromatic heterocycles. The Hall–Kier alpha value is -2.43. The normalized spacial score (nSPS) is 13.4. The molecule has 0 spiro atoms. The lowest BCUT2D eigenvalue weighted by Gasteiger charge is -2.18. The predicted molar refractivity (Wildman–Crippen MR) is 68.0 cm³/mol. The topological polar surface area (TPSA) is 59.3 Å². The second kappa shape index (κ2) is 4.10. The van der Waals surface area contributed by atoms with Crippen LogP contribution in [0.1, 0.15) is 5.56 Å². The van der Waals surface area contributed by atoms with E-state index in [0.29, 0.717) is 0 Å². The van der Waals surface area contributed by atoms with E-state index in [2.05, 4.69) is 9.88 Å². The third kappa shape index (κ3) is 1.69. The molecule has 1 aliphatic heterocycles. The summed E-state index contributed by atoms with van der Waals surface area (Å²) in [5.74, 6) is 0. The van der Waals surface area contributed by atoms with E-state index in [0.717, 1.165) is 29.9 Å². The van der Waals surface area contributed by atoms with Crippen molar-refractivity contribution in [1.29, 1.82) is 0 Å². The van der Waals surface area contributed by atoms with Crippen LogP contribution in [0.25, 0.3) is 0 Å². The van der Waals surface area contributed by atoms with Gasteiger partial charge in [0.1, 0.15) is 0 Å². The first-order valence-electron chi connectivity index (χ1n) is 5.70. The summed E-state index contributed by atoms with van der Waals surface area (Å²) < 4.78 is 0. The maximum absolute atomic E-state index is 10.7. The van der Waals surface area contributed by atoms with Crippen molar-refractivity contribution >= 4 is 17.1 Å². The maximum atomic E-state index is 10.7. The van der Waals surface area contributed by atoms with Crippen molar-refractivity contribution in [3.8, 4) is 0 Å². The highest BCUT2D eigenvalue weighted by molar-refractivity contribution is 5.70. The monoisotopic (exact) mass is 241 g/mol. The third-order valence-corrected chi connectivity index (χ3v) is 3.14. The van der Waals surface area contributed by atoms with Crippen molar-refractivity contribution in [3.05, 3.63) is 58.4 Å². The Kier molecular flexibility index (Phi) is 2.44. The highest BCUT2D eigenvalue weighted by Gasteiger charge is 2.22. The molecule has 90 valence electrons. The van der Waals surface area contributed by atoms with Gasteiger partial charge in [0.05, 0.1) is 4.92 Å². The van der Waals surface area contributed by atoms with E-state index >= 15 is 0 Å². The molecule has 3 rings (SSSR count). The molecule has 1 aromatic carbocycles. The lowest BCUT2D eigenvalue weighted by molar-refractivity contribution is -0.384. The van der Waals surface area contributed by atoms with E-state index in [-0.39, 0.29) is 10.6 Å². The molecule has 0 saturated heterocycles. The number of non-ortho nitro benzene ring substituents is 1. The molecule has 18 heavy (non-hydrogen) atoms. The molecule has 1 aliphatic rings. The van der Waals surface area contributed by atoms with Crippen LogP contribution in [0.2, 0.25) is 0 Å². The molecule has 0 saturated carbocycles. The van der Waals surface area contributed by atoms with Gasteiger partial charge in [0, 0.05) is 42.4 Å². The molecule has 0 N–H and O–H groups in total. The zero-order valence-electron chi connectivity index (χ0n) is 9.61. The quantitative estimate of drug-likeness (QED) is 0.599. The zero-order chi connectivity index (χ0) is 12.5. The van der Waals surface area contributed by atoms with Gasteiger partial charge in [-0.1, -0.05) is 0 Å². The number of benzene rings is 1. The first-order chi connectivity index (χ1) is 8.75. The van der Waals surface area contributed by atoms with E-state index < -0.39 is 0 Å². The standard InChI is InChI=1S/C13H11N3O2/c17-16(18)12-1-2-13-10(9-12)5-8-15(13)11-3-6-14-7-4-11/h1-4,6-7,9H,5,8H2. The lowest BCUT2D eigenvalue weighted by Crippen LogP contribution is -2.12. The van der Waals surface area contributed by atoms with Gasteiger partial charge in [-0.2, -0.15) is 0 Å². The summed E-state index contributed by atoms with van der Waals surface area (Å²) in [6.45, 7) is 0.848. The van der Waals surface area contributed by atoms with Crippen molar-refractivity contribution in [2.75, 3.05) is 11.4 Å². The van der Waals surface area contributed by atoms with Gasteiger partial charge in [0.15, 0.2) is 0 Å². The van der Waals surface area contributed by atoms with Gasteiger partial charge in [-0.3, -0.25) is 15.1 Å². The largest absolute Gasteiger partial charge is 0.341 e. The van der Waals surface area contributed by atoms with Crippen molar-refractivity contribution in [2.45, 2.75) is 6.42 Å². The smallest absolute Gasteiger partial charge is 0.269 e. The lowest BCUT2D eigenvalue weighted by atomic mass is 10.1. The minimum Gasteiger partial charge on any atom is -0.341 e. The first kappa shape index (κ1) is 10.7. The van der Waals surface area contributed by atoms with Crippen LogP contribution in [0.15, 0.2) is 42.7 Å². The van der Waals surface area contributed by atoms with Crippen molar-refractivity contribution < 1.29 is 4.92 Å². The second-order valence-corrected chi connectivity index (χ2v) is 4.18. The Labute approximate surface area is 104 Å². The fourth-order valence-corrected chi connectivity index (χ4v) is 2.29. The average Bonchev–Trinajstić information content (AvgIpc) is 2.82. The van der Waals surface area contributed by atoms with E-state index in [1.54, 1.807) is 24.5 Å². The minimum absolute atomic E-state index is 0.158. The van der Waals surface area contributed by atoms with Crippen LogP contribution < -0.4 is 4.90 Å². The first-order valence-corrected chi connectivity index (χ1v) is 5.70. The van der Waals surface area contributed by atoms with Gasteiger partial charge in [-0.15, -0.1) is 0 Å². The van der Waals surface area contributed by atoms with Gasteiger partial charge in [-0.25, -0.2) is 0 Å². The molecular formula is C13H11N3O2. The molecule has 0 aliphatic carbocycles. The molecule has 0 fully saturated rings. The Morgan fingerprint density at radius 3 is 2.72 bits per heavy atom. The number of rotatable bonds is 2. The van der Waals surface area contributed by atoms with Gasteiger partial charge in [0.25, 0.3) is 5.69 Å². The number of nitro benzene ring substituents is 1. The van der Waals surface area contributed by atoms with Gasteiger partial charge >= 0.3 is 0 Å². The number of nitro groups is 1. The van der Waals surface area contributed by atoms with Crippen LogP contribution in [0.5, 0.6) is 0 Å². The van der Waals surface area contributed by atoms with Crippen molar-refractivity contribution in [3.63, 3.8) is 0 Å². The summed E-state index contributed by atoms with van der Waals surface area (Å²) in [7, 11) is 0. The summed E-state index contributed by atoms with van der Waals surface area (Å²) in [5.41, 5.74) is 3.30. The summed E-state index contributed by atoms with van der Waals surface area (Å²) >= 11 is 0. The number of hydrogen-bond donors (Lipinski definition) is 0. The molecule has 0 amide bonds. The van der Waals surface area contributed by atoms with E-state index in [1.165, 1.54) is 0 Å². The Bertz CT molecular complexity index is 598. The molecular weight excluding hydrogens is 230 g/mol. The number of aromatic nitrogens is 1. The molecule has 0 atom stereocenters. The van der Waals surface area contributed by atoms with Crippen LogP contribution in [0.3, 0.4) is 0 Å². The summed E-state index contributed by atoms with van der Waals surface area (Å²) in [6, 6.07) is 8.92. The van der Waals surface area contributed by atoms with Gasteiger partial charge in [0.2, 0.25) is 0 Å². The summed E-state index contributed by atoms with van der Waals surface area (Å²) in [6.07, 6.45) is 4.33. The van der Waals surface area contributed by atoms with Crippen LogP contribution >= 0.6 is 0 Å². The fourth-order valence-electron chi connectivity index (χ4n) is 2.29. The molecule has 0 bridgehead atoms. The SMILES string of the molecule is O=[N+]([O-])c1ccc2c(c1)CCN2c1ccncc1.